The first-order chi connectivity index (χ1) is 9.70. The highest BCUT2D eigenvalue weighted by atomic mass is 32.1. The average Bonchev–Trinajstić information content (AvgIpc) is 2.72. The van der Waals surface area contributed by atoms with E-state index < -0.39 is 17.8 Å². The van der Waals surface area contributed by atoms with Gasteiger partial charge in [0.25, 0.3) is 5.91 Å². The first kappa shape index (κ1) is 15.3. The van der Waals surface area contributed by atoms with E-state index in [1.807, 2.05) is 0 Å². The normalized spacial score (nSPS) is 11.6. The maximum absolute atomic E-state index is 12.6. The lowest BCUT2D eigenvalue weighted by Gasteiger charge is -2.04. The maximum Gasteiger partial charge on any atom is 0.433 e. The lowest BCUT2D eigenvalue weighted by Crippen LogP contribution is -2.24. The average molecular weight is 315 g/mol. The van der Waals surface area contributed by atoms with Crippen LogP contribution in [-0.2, 0) is 6.18 Å². The number of fused-ring (bicyclic) bond motifs is 1. The first-order valence-electron chi connectivity index (χ1n) is 5.89. The predicted octanol–water partition coefficient (Wildman–Crippen LogP) is 3.20. The zero-order chi connectivity index (χ0) is 15.8. The molecule has 2 rings (SSSR count). The van der Waals surface area contributed by atoms with E-state index in [0.29, 0.717) is 5.39 Å². The number of thiophene rings is 1. The van der Waals surface area contributed by atoms with Crippen molar-refractivity contribution in [2.75, 3.05) is 12.3 Å². The fraction of sp³-hybridized carbons (Fsp3) is 0.231. The zero-order valence-corrected chi connectivity index (χ0v) is 11.9. The summed E-state index contributed by atoms with van der Waals surface area (Å²) in [5.41, 5.74) is 5.69. The lowest BCUT2D eigenvalue weighted by atomic mass is 10.2. The summed E-state index contributed by atoms with van der Waals surface area (Å²) in [4.78, 5) is 15.7. The van der Waals surface area contributed by atoms with Gasteiger partial charge in [0, 0.05) is 11.9 Å². The molecule has 0 saturated carbocycles. The predicted molar refractivity (Wildman–Crippen MR) is 76.2 cm³/mol. The molecule has 4 nitrogen and oxygen atoms in total. The minimum absolute atomic E-state index is 0.0859. The SMILES string of the molecule is C=C(C)CNC(=O)c1sc2nc(C(F)(F)F)ccc2c1N. The van der Waals surface area contributed by atoms with Crippen LogP contribution in [-0.4, -0.2) is 17.4 Å². The van der Waals surface area contributed by atoms with E-state index >= 15 is 0 Å². The van der Waals surface area contributed by atoms with Crippen LogP contribution >= 0.6 is 11.3 Å². The molecule has 0 spiro atoms. The molecule has 0 aliphatic heterocycles. The van der Waals surface area contributed by atoms with Crippen LogP contribution < -0.4 is 11.1 Å². The van der Waals surface area contributed by atoms with Gasteiger partial charge >= 0.3 is 6.18 Å². The number of aromatic nitrogens is 1. The van der Waals surface area contributed by atoms with E-state index in [1.54, 1.807) is 6.92 Å². The van der Waals surface area contributed by atoms with Crippen molar-refractivity contribution < 1.29 is 18.0 Å². The molecule has 0 aromatic carbocycles. The van der Waals surface area contributed by atoms with Crippen LogP contribution in [0.3, 0.4) is 0 Å². The molecule has 0 aliphatic rings. The monoisotopic (exact) mass is 315 g/mol. The standard InChI is InChI=1S/C13H12F3N3OS/c1-6(2)5-18-11(20)10-9(17)7-3-4-8(13(14,15)16)19-12(7)21-10/h3-4H,1,5,17H2,2H3,(H,18,20). The molecule has 2 heterocycles. The van der Waals surface area contributed by atoms with Gasteiger partial charge in [-0.15, -0.1) is 11.3 Å². The Balaban J connectivity index is 2.41. The minimum Gasteiger partial charge on any atom is -0.397 e. The highest BCUT2D eigenvalue weighted by molar-refractivity contribution is 7.21. The molecular formula is C13H12F3N3OS. The Morgan fingerprint density at radius 1 is 1.48 bits per heavy atom. The molecule has 8 heteroatoms. The number of hydrogen-bond acceptors (Lipinski definition) is 4. The summed E-state index contributed by atoms with van der Waals surface area (Å²) >= 11 is 0.836. The summed E-state index contributed by atoms with van der Waals surface area (Å²) in [5, 5.41) is 2.93. The van der Waals surface area contributed by atoms with Crippen molar-refractivity contribution in [3.63, 3.8) is 0 Å². The van der Waals surface area contributed by atoms with Gasteiger partial charge < -0.3 is 11.1 Å². The second kappa shape index (κ2) is 5.36. The smallest absolute Gasteiger partial charge is 0.397 e. The quantitative estimate of drug-likeness (QED) is 0.855. The van der Waals surface area contributed by atoms with Crippen molar-refractivity contribution in [3.05, 3.63) is 34.9 Å². The van der Waals surface area contributed by atoms with Crippen molar-refractivity contribution >= 4 is 33.1 Å². The Bertz CT molecular complexity index is 721. The van der Waals surface area contributed by atoms with Crippen LogP contribution in [0.4, 0.5) is 18.9 Å². The van der Waals surface area contributed by atoms with E-state index in [4.69, 9.17) is 5.73 Å². The van der Waals surface area contributed by atoms with Crippen LogP contribution in [0.15, 0.2) is 24.3 Å². The lowest BCUT2D eigenvalue weighted by molar-refractivity contribution is -0.140. The molecule has 0 atom stereocenters. The van der Waals surface area contributed by atoms with E-state index in [1.165, 1.54) is 6.07 Å². The molecule has 3 N–H and O–H groups in total. The molecule has 0 aliphatic carbocycles. The number of nitrogens with zero attached hydrogens (tertiary/aromatic N) is 1. The van der Waals surface area contributed by atoms with Crippen molar-refractivity contribution in [2.24, 2.45) is 0 Å². The summed E-state index contributed by atoms with van der Waals surface area (Å²) in [5.74, 6) is -0.452. The number of anilines is 1. The Labute approximate surface area is 122 Å². The van der Waals surface area contributed by atoms with Crippen LogP contribution in [0.1, 0.15) is 22.3 Å². The molecule has 0 unspecified atom stereocenters. The number of nitrogen functional groups attached to an aromatic ring is 1. The number of nitrogens with two attached hydrogens (primary N) is 1. The molecule has 1 amide bonds. The molecular weight excluding hydrogens is 303 g/mol. The number of rotatable bonds is 3. The number of hydrogen-bond donors (Lipinski definition) is 2. The van der Waals surface area contributed by atoms with Crippen molar-refractivity contribution in [1.29, 1.82) is 0 Å². The van der Waals surface area contributed by atoms with Gasteiger partial charge in [-0.25, -0.2) is 4.98 Å². The minimum atomic E-state index is -4.53. The van der Waals surface area contributed by atoms with Crippen LogP contribution in [0.2, 0.25) is 0 Å². The molecule has 0 radical (unpaired) electrons. The topological polar surface area (TPSA) is 68.0 Å². The second-order valence-electron chi connectivity index (χ2n) is 4.53. The summed E-state index contributed by atoms with van der Waals surface area (Å²) in [6, 6.07) is 2.08. The first-order valence-corrected chi connectivity index (χ1v) is 6.70. The van der Waals surface area contributed by atoms with Gasteiger partial charge in [0.2, 0.25) is 0 Å². The third-order valence-corrected chi connectivity index (χ3v) is 3.76. The number of halogens is 3. The largest absolute Gasteiger partial charge is 0.433 e. The Morgan fingerprint density at radius 2 is 2.14 bits per heavy atom. The van der Waals surface area contributed by atoms with E-state index in [0.717, 1.165) is 23.0 Å². The van der Waals surface area contributed by atoms with Gasteiger partial charge in [-0.3, -0.25) is 4.79 Å². The second-order valence-corrected chi connectivity index (χ2v) is 5.53. The maximum atomic E-state index is 12.6. The number of carbonyl (C=O) groups is 1. The Hall–Kier alpha value is -2.09. The molecule has 0 saturated heterocycles. The number of alkyl halides is 3. The van der Waals surface area contributed by atoms with Crippen molar-refractivity contribution in [2.45, 2.75) is 13.1 Å². The van der Waals surface area contributed by atoms with Gasteiger partial charge in [0.05, 0.1) is 5.69 Å². The molecule has 0 bridgehead atoms. The number of pyridine rings is 1. The highest BCUT2D eigenvalue weighted by Crippen LogP contribution is 2.35. The Morgan fingerprint density at radius 3 is 2.71 bits per heavy atom. The fourth-order valence-electron chi connectivity index (χ4n) is 1.64. The third kappa shape index (κ3) is 3.15. The molecule has 112 valence electrons. The van der Waals surface area contributed by atoms with Crippen LogP contribution in [0, 0.1) is 0 Å². The van der Waals surface area contributed by atoms with Crippen LogP contribution in [0.5, 0.6) is 0 Å². The van der Waals surface area contributed by atoms with Gasteiger partial charge in [-0.05, 0) is 19.1 Å². The molecule has 21 heavy (non-hydrogen) atoms. The number of nitrogens with one attached hydrogen (secondary N) is 1. The van der Waals surface area contributed by atoms with Crippen molar-refractivity contribution in [1.82, 2.24) is 10.3 Å². The van der Waals surface area contributed by atoms with Gasteiger partial charge in [-0.1, -0.05) is 12.2 Å². The van der Waals surface area contributed by atoms with E-state index in [2.05, 4.69) is 16.9 Å². The van der Waals surface area contributed by atoms with Gasteiger partial charge in [0.15, 0.2) is 0 Å². The fourth-order valence-corrected chi connectivity index (χ4v) is 2.65. The summed E-state index contributed by atoms with van der Waals surface area (Å²) < 4.78 is 37.8. The summed E-state index contributed by atoms with van der Waals surface area (Å²) in [6.45, 7) is 5.66. The van der Waals surface area contributed by atoms with Gasteiger partial charge in [0.1, 0.15) is 15.4 Å². The van der Waals surface area contributed by atoms with E-state index in [9.17, 15) is 18.0 Å². The highest BCUT2D eigenvalue weighted by Gasteiger charge is 2.33. The van der Waals surface area contributed by atoms with E-state index in [-0.39, 0.29) is 21.9 Å². The van der Waals surface area contributed by atoms with Crippen LogP contribution in [0.25, 0.3) is 10.2 Å². The summed E-state index contributed by atoms with van der Waals surface area (Å²) in [6.07, 6.45) is -4.53. The van der Waals surface area contributed by atoms with Gasteiger partial charge in [-0.2, -0.15) is 13.2 Å². The van der Waals surface area contributed by atoms with Crippen molar-refractivity contribution in [3.8, 4) is 0 Å². The number of carbonyl (C=O) groups excluding carboxylic acids is 1. The zero-order valence-electron chi connectivity index (χ0n) is 11.0. The summed E-state index contributed by atoms with van der Waals surface area (Å²) in [7, 11) is 0. The Kier molecular flexibility index (Phi) is 3.91. The molecule has 2 aromatic rings. The number of amides is 1. The third-order valence-electron chi connectivity index (χ3n) is 2.64. The molecule has 2 aromatic heterocycles. The molecule has 0 fully saturated rings.